The van der Waals surface area contributed by atoms with Crippen molar-refractivity contribution in [2.24, 2.45) is 4.99 Å². The maximum absolute atomic E-state index is 14.4. The lowest BCUT2D eigenvalue weighted by atomic mass is 10.1. The molecule has 1 saturated carbocycles. The second-order valence-electron chi connectivity index (χ2n) is 6.71. The summed E-state index contributed by atoms with van der Waals surface area (Å²) in [6.45, 7) is 0. The molecule has 2 aromatic heterocycles. The highest BCUT2D eigenvalue weighted by Crippen LogP contribution is 2.48. The van der Waals surface area contributed by atoms with Crippen LogP contribution in [0.25, 0.3) is 5.69 Å². The van der Waals surface area contributed by atoms with Crippen molar-refractivity contribution in [3.63, 3.8) is 0 Å². The van der Waals surface area contributed by atoms with Crippen LogP contribution < -0.4 is 10.0 Å². The van der Waals surface area contributed by atoms with Gasteiger partial charge in [0.2, 0.25) is 5.82 Å². The molecule has 9 nitrogen and oxygen atoms in total. The minimum Gasteiger partial charge on any atom is -0.370 e. The first kappa shape index (κ1) is 14.9. The normalized spacial score (nSPS) is 21.2. The van der Waals surface area contributed by atoms with Gasteiger partial charge in [-0.1, -0.05) is 23.4 Å². The first-order valence-electron chi connectivity index (χ1n) is 8.55. The van der Waals surface area contributed by atoms with Gasteiger partial charge in [-0.15, -0.1) is 0 Å². The third-order valence-corrected chi connectivity index (χ3v) is 5.29. The molecule has 3 aliphatic rings. The molecular weight excluding hydrogens is 353 g/mol. The van der Waals surface area contributed by atoms with Gasteiger partial charge >= 0.3 is 6.01 Å². The van der Waals surface area contributed by atoms with Crippen molar-refractivity contribution in [3.05, 3.63) is 47.9 Å². The summed E-state index contributed by atoms with van der Waals surface area (Å²) in [5.41, 5.74) is 1.11. The molecule has 0 amide bonds. The van der Waals surface area contributed by atoms with Crippen molar-refractivity contribution < 1.29 is 13.7 Å². The monoisotopic (exact) mass is 367 g/mol. The van der Waals surface area contributed by atoms with E-state index in [1.807, 2.05) is 24.3 Å². The molecule has 1 aromatic carbocycles. The number of methoxy groups -OCH3 is 1. The SMILES string of the molecule is COC1(c2noc(N3C=NC4c5ccccc5-n5c(cnc5F)N43)n2)CC1. The van der Waals surface area contributed by atoms with E-state index in [4.69, 9.17) is 9.26 Å². The summed E-state index contributed by atoms with van der Waals surface area (Å²) in [6, 6.07) is 7.76. The standard InChI is InChI=1S/C17H14FN7O2/c1-26-17(6-7-17)14-21-16(27-22-14)23-9-20-13-10-4-2-3-5-11(10)24-12(25(13)23)8-19-15(24)18/h2-5,8-9,13H,6-7H2,1H3. The number of rotatable bonds is 3. The summed E-state index contributed by atoms with van der Waals surface area (Å²) in [6.07, 6.45) is 3.82. The fourth-order valence-electron chi connectivity index (χ4n) is 3.69. The number of halogens is 1. The molecule has 0 N–H and O–H groups in total. The van der Waals surface area contributed by atoms with Gasteiger partial charge in [-0.2, -0.15) is 14.4 Å². The van der Waals surface area contributed by atoms with Crippen molar-refractivity contribution in [2.75, 3.05) is 17.1 Å². The number of hydrogen-bond donors (Lipinski definition) is 0. The molecule has 27 heavy (non-hydrogen) atoms. The molecule has 0 bridgehead atoms. The minimum absolute atomic E-state index is 0.243. The smallest absolute Gasteiger partial charge is 0.348 e. The summed E-state index contributed by atoms with van der Waals surface area (Å²) in [4.78, 5) is 12.9. The number of hydrazine groups is 1. The Hall–Kier alpha value is -3.27. The summed E-state index contributed by atoms with van der Waals surface area (Å²) >= 11 is 0. The zero-order valence-corrected chi connectivity index (χ0v) is 14.3. The van der Waals surface area contributed by atoms with Crippen molar-refractivity contribution in [3.8, 4) is 5.69 Å². The maximum Gasteiger partial charge on any atom is 0.348 e. The Labute approximate surface area is 152 Å². The number of anilines is 2. The van der Waals surface area contributed by atoms with Crippen molar-refractivity contribution in [1.29, 1.82) is 0 Å². The Balaban J connectivity index is 1.46. The summed E-state index contributed by atoms with van der Waals surface area (Å²) in [5, 5.41) is 7.47. The molecule has 2 aliphatic heterocycles. The lowest BCUT2D eigenvalue weighted by Crippen LogP contribution is -2.43. The van der Waals surface area contributed by atoms with Gasteiger partial charge in [0.05, 0.1) is 11.9 Å². The Kier molecular flexibility index (Phi) is 2.70. The fraction of sp³-hybridized carbons (Fsp3) is 0.294. The highest BCUT2D eigenvalue weighted by atomic mass is 19.1. The van der Waals surface area contributed by atoms with Gasteiger partial charge in [0.1, 0.15) is 11.9 Å². The molecule has 1 unspecified atom stereocenters. The van der Waals surface area contributed by atoms with Crippen LogP contribution in [0.2, 0.25) is 0 Å². The maximum atomic E-state index is 14.4. The molecular formula is C17H14FN7O2. The van der Waals surface area contributed by atoms with Gasteiger partial charge in [0.25, 0.3) is 6.08 Å². The third-order valence-electron chi connectivity index (χ3n) is 5.29. The minimum atomic E-state index is -0.592. The molecule has 1 fully saturated rings. The number of para-hydroxylation sites is 1. The van der Waals surface area contributed by atoms with Crippen LogP contribution in [-0.4, -0.2) is 33.1 Å². The molecule has 1 atom stereocenters. The topological polar surface area (TPSA) is 84.8 Å². The summed E-state index contributed by atoms with van der Waals surface area (Å²) < 4.78 is 26.8. The largest absolute Gasteiger partial charge is 0.370 e. The zero-order chi connectivity index (χ0) is 18.2. The molecule has 3 aromatic rings. The number of hydrogen-bond acceptors (Lipinski definition) is 8. The van der Waals surface area contributed by atoms with Crippen molar-refractivity contribution in [1.82, 2.24) is 19.7 Å². The van der Waals surface area contributed by atoms with Crippen LogP contribution in [-0.2, 0) is 10.3 Å². The van der Waals surface area contributed by atoms with Crippen LogP contribution in [0.15, 0.2) is 40.0 Å². The number of nitrogens with zero attached hydrogens (tertiary/aromatic N) is 7. The van der Waals surface area contributed by atoms with E-state index in [0.717, 1.165) is 18.4 Å². The lowest BCUT2D eigenvalue weighted by molar-refractivity contribution is 0.0689. The molecule has 10 heteroatoms. The second kappa shape index (κ2) is 4.92. The number of aliphatic imine (C=N–C) groups is 1. The Morgan fingerprint density at radius 1 is 1.30 bits per heavy atom. The summed E-state index contributed by atoms with van der Waals surface area (Å²) in [7, 11) is 1.64. The average Bonchev–Trinajstić information content (AvgIpc) is 3.03. The zero-order valence-electron chi connectivity index (χ0n) is 14.3. The van der Waals surface area contributed by atoms with Gasteiger partial charge in [0, 0.05) is 12.7 Å². The highest BCUT2D eigenvalue weighted by molar-refractivity contribution is 5.84. The van der Waals surface area contributed by atoms with Gasteiger partial charge < -0.3 is 9.26 Å². The molecule has 0 saturated heterocycles. The van der Waals surface area contributed by atoms with Gasteiger partial charge in [-0.25, -0.2) is 15.0 Å². The highest BCUT2D eigenvalue weighted by Gasteiger charge is 2.50. The number of aromatic nitrogens is 4. The first-order chi connectivity index (χ1) is 13.2. The van der Waals surface area contributed by atoms with Crippen LogP contribution in [0.5, 0.6) is 0 Å². The van der Waals surface area contributed by atoms with Gasteiger partial charge in [-0.05, 0) is 18.9 Å². The predicted molar refractivity (Wildman–Crippen MR) is 91.9 cm³/mol. The van der Waals surface area contributed by atoms with Crippen LogP contribution in [0.4, 0.5) is 16.2 Å². The number of imidazole rings is 1. The van der Waals surface area contributed by atoms with E-state index in [2.05, 4.69) is 20.1 Å². The lowest BCUT2D eigenvalue weighted by Gasteiger charge is -2.35. The van der Waals surface area contributed by atoms with Crippen molar-refractivity contribution >= 4 is 18.2 Å². The number of ether oxygens (including phenoxy) is 1. The first-order valence-corrected chi connectivity index (χ1v) is 8.55. The average molecular weight is 367 g/mol. The Morgan fingerprint density at radius 2 is 2.15 bits per heavy atom. The van der Waals surface area contributed by atoms with E-state index < -0.39 is 11.7 Å². The quantitative estimate of drug-likeness (QED) is 0.702. The van der Waals surface area contributed by atoms with E-state index in [0.29, 0.717) is 17.3 Å². The number of benzene rings is 1. The Bertz CT molecular complexity index is 1090. The number of fused-ring (bicyclic) bond motifs is 6. The van der Waals surface area contributed by atoms with Gasteiger partial charge in [-0.3, -0.25) is 4.57 Å². The van der Waals surface area contributed by atoms with E-state index in [1.165, 1.54) is 10.8 Å². The molecule has 0 spiro atoms. The fourth-order valence-corrected chi connectivity index (χ4v) is 3.69. The summed E-state index contributed by atoms with van der Waals surface area (Å²) in [5.74, 6) is 1.04. The molecule has 4 heterocycles. The van der Waals surface area contributed by atoms with E-state index >= 15 is 0 Å². The van der Waals surface area contributed by atoms with E-state index in [-0.39, 0.29) is 12.2 Å². The molecule has 0 radical (unpaired) electrons. The van der Waals surface area contributed by atoms with Crippen LogP contribution in [0, 0.1) is 6.08 Å². The molecule has 136 valence electrons. The predicted octanol–water partition coefficient (Wildman–Crippen LogP) is 2.31. The van der Waals surface area contributed by atoms with Crippen LogP contribution in [0.3, 0.4) is 0 Å². The van der Waals surface area contributed by atoms with Crippen LogP contribution >= 0.6 is 0 Å². The van der Waals surface area contributed by atoms with Gasteiger partial charge in [0.15, 0.2) is 12.0 Å². The van der Waals surface area contributed by atoms with E-state index in [1.54, 1.807) is 23.5 Å². The van der Waals surface area contributed by atoms with Crippen LogP contribution in [0.1, 0.15) is 30.4 Å². The van der Waals surface area contributed by atoms with Crippen molar-refractivity contribution in [2.45, 2.75) is 24.6 Å². The second-order valence-corrected chi connectivity index (χ2v) is 6.71. The third kappa shape index (κ3) is 1.85. The molecule has 1 aliphatic carbocycles. The molecule has 6 rings (SSSR count). The Morgan fingerprint density at radius 3 is 2.96 bits per heavy atom. The van der Waals surface area contributed by atoms with E-state index in [9.17, 15) is 4.39 Å².